The van der Waals surface area contributed by atoms with Crippen LogP contribution in [0.4, 0.5) is 0 Å². The first kappa shape index (κ1) is 17.0. The minimum Gasteiger partial charge on any atom is -0.365 e. The Balaban J connectivity index is 1.58. The maximum atomic E-state index is 13.3. The van der Waals surface area contributed by atoms with Crippen LogP contribution in [-0.2, 0) is 9.53 Å². The fourth-order valence-corrected chi connectivity index (χ4v) is 4.17. The smallest absolute Gasteiger partial charge is 0.253 e. The number of amides is 1. The highest BCUT2D eigenvalue weighted by Crippen LogP contribution is 2.39. The normalized spacial score (nSPS) is 29.4. The largest absolute Gasteiger partial charge is 0.365 e. The number of ether oxygens (including phenoxy) is 1. The van der Waals surface area contributed by atoms with Gasteiger partial charge in [0.05, 0.1) is 12.6 Å². The molecule has 0 spiro atoms. The van der Waals surface area contributed by atoms with Gasteiger partial charge in [-0.2, -0.15) is 0 Å². The lowest BCUT2D eigenvalue weighted by atomic mass is 9.96. The van der Waals surface area contributed by atoms with E-state index >= 15 is 0 Å². The first-order chi connectivity index (χ1) is 12.2. The van der Waals surface area contributed by atoms with Crippen LogP contribution >= 0.6 is 0 Å². The molecule has 1 saturated carbocycles. The van der Waals surface area contributed by atoms with Gasteiger partial charge >= 0.3 is 0 Å². The highest BCUT2D eigenvalue weighted by Gasteiger charge is 2.45. The van der Waals surface area contributed by atoms with E-state index in [0.717, 1.165) is 39.1 Å². The number of morpholine rings is 1. The van der Waals surface area contributed by atoms with E-state index in [1.807, 2.05) is 11.0 Å². The third kappa shape index (κ3) is 3.73. The third-order valence-corrected chi connectivity index (χ3v) is 5.72. The van der Waals surface area contributed by atoms with Crippen LogP contribution in [-0.4, -0.2) is 79.1 Å². The van der Waals surface area contributed by atoms with Crippen molar-refractivity contribution in [2.45, 2.75) is 37.5 Å². The molecule has 3 fully saturated rings. The van der Waals surface area contributed by atoms with Crippen molar-refractivity contribution in [2.75, 3.05) is 46.4 Å². The van der Waals surface area contributed by atoms with Gasteiger partial charge in [-0.1, -0.05) is 30.3 Å². The lowest BCUT2D eigenvalue weighted by Crippen LogP contribution is -2.54. The van der Waals surface area contributed by atoms with Crippen molar-refractivity contribution in [1.82, 2.24) is 14.7 Å². The Morgan fingerprint density at radius 1 is 1.04 bits per heavy atom. The maximum Gasteiger partial charge on any atom is 0.253 e. The molecule has 0 aromatic heterocycles. The molecule has 1 aromatic rings. The van der Waals surface area contributed by atoms with Crippen LogP contribution in [0.5, 0.6) is 0 Å². The molecule has 0 bridgehead atoms. The van der Waals surface area contributed by atoms with Gasteiger partial charge in [0.2, 0.25) is 0 Å². The van der Waals surface area contributed by atoms with Crippen LogP contribution in [0.2, 0.25) is 0 Å². The zero-order chi connectivity index (χ0) is 17.2. The lowest BCUT2D eigenvalue weighted by Gasteiger charge is -2.42. The van der Waals surface area contributed by atoms with Gasteiger partial charge in [-0.3, -0.25) is 9.69 Å². The molecular formula is C20H29N3O2. The Morgan fingerprint density at radius 2 is 1.84 bits per heavy atom. The van der Waals surface area contributed by atoms with Crippen molar-refractivity contribution in [1.29, 1.82) is 0 Å². The zero-order valence-corrected chi connectivity index (χ0v) is 15.1. The summed E-state index contributed by atoms with van der Waals surface area (Å²) in [6, 6.07) is 11.1. The first-order valence-electron chi connectivity index (χ1n) is 9.63. The van der Waals surface area contributed by atoms with Gasteiger partial charge in [0.1, 0.15) is 0 Å². The van der Waals surface area contributed by atoms with Gasteiger partial charge in [0.25, 0.3) is 5.91 Å². The van der Waals surface area contributed by atoms with Crippen molar-refractivity contribution < 1.29 is 9.53 Å². The van der Waals surface area contributed by atoms with Gasteiger partial charge in [-0.25, -0.2) is 0 Å². The van der Waals surface area contributed by atoms with Gasteiger partial charge in [0.15, 0.2) is 6.10 Å². The van der Waals surface area contributed by atoms with E-state index in [0.29, 0.717) is 12.6 Å². The van der Waals surface area contributed by atoms with Crippen molar-refractivity contribution in [3.05, 3.63) is 35.9 Å². The summed E-state index contributed by atoms with van der Waals surface area (Å²) < 4.78 is 6.09. The fourth-order valence-electron chi connectivity index (χ4n) is 4.17. The monoisotopic (exact) mass is 343 g/mol. The van der Waals surface area contributed by atoms with Crippen molar-refractivity contribution in [2.24, 2.45) is 0 Å². The van der Waals surface area contributed by atoms with Crippen LogP contribution in [0, 0.1) is 0 Å². The van der Waals surface area contributed by atoms with E-state index in [2.05, 4.69) is 41.1 Å². The van der Waals surface area contributed by atoms with E-state index in [-0.39, 0.29) is 18.1 Å². The number of carbonyl (C=O) groups is 1. The number of nitrogens with zero attached hydrogens (tertiary/aromatic N) is 3. The summed E-state index contributed by atoms with van der Waals surface area (Å²) in [5.41, 5.74) is 1.21. The summed E-state index contributed by atoms with van der Waals surface area (Å²) in [6.45, 7) is 5.24. The van der Waals surface area contributed by atoms with E-state index in [9.17, 15) is 4.79 Å². The number of rotatable bonds is 3. The predicted octanol–water partition coefficient (Wildman–Crippen LogP) is 1.75. The Morgan fingerprint density at radius 3 is 2.60 bits per heavy atom. The molecule has 4 rings (SSSR count). The topological polar surface area (TPSA) is 36.0 Å². The van der Waals surface area contributed by atoms with E-state index < -0.39 is 0 Å². The second kappa shape index (κ2) is 7.44. The highest BCUT2D eigenvalue weighted by molar-refractivity contribution is 5.82. The molecular weight excluding hydrogens is 314 g/mol. The number of hydrogen-bond acceptors (Lipinski definition) is 4. The quantitative estimate of drug-likeness (QED) is 0.838. The second-order valence-corrected chi connectivity index (χ2v) is 7.60. The summed E-state index contributed by atoms with van der Waals surface area (Å²) in [5.74, 6) is 0.175. The van der Waals surface area contributed by atoms with Crippen LogP contribution in [0.1, 0.15) is 30.9 Å². The molecule has 3 aliphatic rings. The van der Waals surface area contributed by atoms with Crippen molar-refractivity contribution in [3.8, 4) is 0 Å². The molecule has 1 aliphatic carbocycles. The summed E-state index contributed by atoms with van der Waals surface area (Å²) >= 11 is 0. The van der Waals surface area contributed by atoms with Crippen LogP contribution in [0.25, 0.3) is 0 Å². The minimum absolute atomic E-state index is 0.0518. The molecule has 0 radical (unpaired) electrons. The number of benzene rings is 1. The second-order valence-electron chi connectivity index (χ2n) is 7.60. The summed E-state index contributed by atoms with van der Waals surface area (Å²) in [5, 5.41) is 0. The Kier molecular flexibility index (Phi) is 5.06. The van der Waals surface area contributed by atoms with Crippen molar-refractivity contribution >= 4 is 5.91 Å². The van der Waals surface area contributed by atoms with Crippen molar-refractivity contribution in [3.63, 3.8) is 0 Å². The number of likely N-dealkylation sites (N-methyl/N-ethyl adjacent to an activating group) is 1. The lowest BCUT2D eigenvalue weighted by molar-refractivity contribution is -0.157. The Hall–Kier alpha value is -1.43. The van der Waals surface area contributed by atoms with Crippen LogP contribution < -0.4 is 0 Å². The predicted molar refractivity (Wildman–Crippen MR) is 97.3 cm³/mol. The average Bonchev–Trinajstić information content (AvgIpc) is 3.49. The molecule has 0 N–H and O–H groups in total. The molecule has 2 atom stereocenters. The third-order valence-electron chi connectivity index (χ3n) is 5.72. The molecule has 5 nitrogen and oxygen atoms in total. The molecule has 2 saturated heterocycles. The molecule has 2 aliphatic heterocycles. The first-order valence-corrected chi connectivity index (χ1v) is 9.63. The minimum atomic E-state index is -0.375. The molecule has 1 amide bonds. The number of hydrogen-bond donors (Lipinski definition) is 0. The van der Waals surface area contributed by atoms with Gasteiger partial charge in [0, 0.05) is 32.2 Å². The van der Waals surface area contributed by atoms with E-state index in [4.69, 9.17) is 4.74 Å². The SMILES string of the molecule is CN1CCCN(C(=O)[C@@H]2OCCN(C3CC3)[C@H]2c2ccccc2)CC1. The van der Waals surface area contributed by atoms with Gasteiger partial charge < -0.3 is 14.5 Å². The average molecular weight is 343 g/mol. The van der Waals surface area contributed by atoms with E-state index in [1.165, 1.54) is 18.4 Å². The van der Waals surface area contributed by atoms with Crippen LogP contribution in [0.3, 0.4) is 0 Å². The molecule has 2 heterocycles. The maximum absolute atomic E-state index is 13.3. The van der Waals surface area contributed by atoms with Gasteiger partial charge in [-0.15, -0.1) is 0 Å². The molecule has 25 heavy (non-hydrogen) atoms. The summed E-state index contributed by atoms with van der Waals surface area (Å²) in [7, 11) is 2.13. The zero-order valence-electron chi connectivity index (χ0n) is 15.1. The standard InChI is InChI=1S/C20H29N3O2/c1-21-10-5-11-22(13-12-21)20(24)19-18(16-6-3-2-4-7-16)23(14-15-25-19)17-8-9-17/h2-4,6-7,17-19H,5,8-15H2,1H3/t18-,19+/m0/s1. The fraction of sp³-hybridized carbons (Fsp3) is 0.650. The molecule has 136 valence electrons. The highest BCUT2D eigenvalue weighted by atomic mass is 16.5. The molecule has 1 aromatic carbocycles. The van der Waals surface area contributed by atoms with Gasteiger partial charge in [-0.05, 0) is 38.4 Å². The summed E-state index contributed by atoms with van der Waals surface area (Å²) in [4.78, 5) is 20.2. The summed E-state index contributed by atoms with van der Waals surface area (Å²) in [6.07, 6.45) is 3.16. The Labute approximate surface area is 150 Å². The molecule has 0 unspecified atom stereocenters. The Bertz CT molecular complexity index is 590. The van der Waals surface area contributed by atoms with E-state index in [1.54, 1.807) is 0 Å². The molecule has 5 heteroatoms. The number of carbonyl (C=O) groups excluding carboxylic acids is 1. The van der Waals surface area contributed by atoms with Crippen LogP contribution in [0.15, 0.2) is 30.3 Å².